The molecule has 0 radical (unpaired) electrons. The number of aliphatic hydroxyl groups is 2. The molecule has 0 aromatic carbocycles. The summed E-state index contributed by atoms with van der Waals surface area (Å²) >= 11 is 1.59. The Bertz CT molecular complexity index is 289. The van der Waals surface area contributed by atoms with E-state index in [-0.39, 0.29) is 12.1 Å². The van der Waals surface area contributed by atoms with Crippen LogP contribution in [0.25, 0.3) is 0 Å². The van der Waals surface area contributed by atoms with Gasteiger partial charge < -0.3 is 15.5 Å². The van der Waals surface area contributed by atoms with Gasteiger partial charge in [-0.3, -0.25) is 0 Å². The molecule has 1 aliphatic carbocycles. The summed E-state index contributed by atoms with van der Waals surface area (Å²) in [6, 6.07) is 2.10. The molecule has 1 fully saturated rings. The quantitative estimate of drug-likeness (QED) is 0.726. The first-order chi connectivity index (χ1) is 7.27. The maximum absolute atomic E-state index is 9.82. The monoisotopic (exact) mass is 227 g/mol. The van der Waals surface area contributed by atoms with Gasteiger partial charge in [-0.2, -0.15) is 11.3 Å². The molecule has 2 rings (SSSR count). The zero-order chi connectivity index (χ0) is 10.7. The van der Waals surface area contributed by atoms with E-state index in [0.717, 1.165) is 24.8 Å². The molecular weight excluding hydrogens is 210 g/mol. The van der Waals surface area contributed by atoms with Gasteiger partial charge in [-0.05, 0) is 41.7 Å². The van der Waals surface area contributed by atoms with E-state index in [9.17, 15) is 10.2 Å². The van der Waals surface area contributed by atoms with E-state index in [4.69, 9.17) is 0 Å². The summed E-state index contributed by atoms with van der Waals surface area (Å²) in [5.74, 6) is 0. The topological polar surface area (TPSA) is 52.5 Å². The van der Waals surface area contributed by atoms with Crippen LogP contribution >= 0.6 is 11.3 Å². The molecule has 15 heavy (non-hydrogen) atoms. The molecule has 3 atom stereocenters. The summed E-state index contributed by atoms with van der Waals surface area (Å²) in [5.41, 5.74) is 0.958. The Morgan fingerprint density at radius 2 is 2.40 bits per heavy atom. The lowest BCUT2D eigenvalue weighted by Gasteiger charge is -2.18. The van der Waals surface area contributed by atoms with Crippen molar-refractivity contribution in [2.75, 3.05) is 6.54 Å². The molecule has 3 unspecified atom stereocenters. The third kappa shape index (κ3) is 2.78. The molecule has 3 nitrogen and oxygen atoms in total. The van der Waals surface area contributed by atoms with Crippen molar-refractivity contribution in [3.8, 4) is 0 Å². The summed E-state index contributed by atoms with van der Waals surface area (Å²) in [6.07, 6.45) is 2.28. The van der Waals surface area contributed by atoms with Gasteiger partial charge in [0.1, 0.15) is 0 Å². The molecular formula is C11H17NO2S. The van der Waals surface area contributed by atoms with E-state index >= 15 is 0 Å². The van der Waals surface area contributed by atoms with Crippen LogP contribution < -0.4 is 5.32 Å². The Hall–Kier alpha value is -0.420. The summed E-state index contributed by atoms with van der Waals surface area (Å²) in [6.45, 7) is 0.526. The summed E-state index contributed by atoms with van der Waals surface area (Å²) in [5, 5.41) is 26.5. The average Bonchev–Trinajstić information content (AvgIpc) is 2.85. The van der Waals surface area contributed by atoms with Crippen LogP contribution in [0.2, 0.25) is 0 Å². The fraction of sp³-hybridized carbons (Fsp3) is 0.636. The number of rotatable bonds is 4. The molecule has 0 amide bonds. The maximum atomic E-state index is 9.82. The minimum absolute atomic E-state index is 0.165. The van der Waals surface area contributed by atoms with Crippen molar-refractivity contribution in [1.29, 1.82) is 0 Å². The number of nitrogens with one attached hydrogen (secondary N) is 1. The Balaban J connectivity index is 1.78. The highest BCUT2D eigenvalue weighted by Gasteiger charge is 2.25. The van der Waals surface area contributed by atoms with Crippen LogP contribution in [0.5, 0.6) is 0 Å². The SMILES string of the molecule is OC(CNC1CCCC1O)c1ccsc1. The van der Waals surface area contributed by atoms with Crippen LogP contribution in [-0.4, -0.2) is 28.9 Å². The third-order valence-corrected chi connectivity index (χ3v) is 3.68. The van der Waals surface area contributed by atoms with E-state index in [1.807, 2.05) is 16.8 Å². The molecule has 0 saturated heterocycles. The van der Waals surface area contributed by atoms with E-state index in [1.54, 1.807) is 11.3 Å². The molecule has 3 N–H and O–H groups in total. The summed E-state index contributed by atoms with van der Waals surface area (Å²) in [7, 11) is 0. The van der Waals surface area contributed by atoms with E-state index in [2.05, 4.69) is 5.32 Å². The van der Waals surface area contributed by atoms with Crippen LogP contribution in [0.15, 0.2) is 16.8 Å². The van der Waals surface area contributed by atoms with Gasteiger partial charge in [0.25, 0.3) is 0 Å². The minimum atomic E-state index is -0.455. The average molecular weight is 227 g/mol. The maximum Gasteiger partial charge on any atom is 0.0922 e. The number of thiophene rings is 1. The molecule has 1 aromatic heterocycles. The lowest BCUT2D eigenvalue weighted by Crippen LogP contribution is -2.38. The Labute approximate surface area is 93.8 Å². The van der Waals surface area contributed by atoms with E-state index < -0.39 is 6.10 Å². The Kier molecular flexibility index (Phi) is 3.75. The minimum Gasteiger partial charge on any atom is -0.392 e. The van der Waals surface area contributed by atoms with Gasteiger partial charge in [0.05, 0.1) is 12.2 Å². The van der Waals surface area contributed by atoms with Crippen molar-refractivity contribution < 1.29 is 10.2 Å². The van der Waals surface area contributed by atoms with Gasteiger partial charge in [-0.15, -0.1) is 0 Å². The van der Waals surface area contributed by atoms with Crippen molar-refractivity contribution in [2.24, 2.45) is 0 Å². The second kappa shape index (κ2) is 5.07. The fourth-order valence-electron chi connectivity index (χ4n) is 2.02. The standard InChI is InChI=1S/C11H17NO2S/c13-10-3-1-2-9(10)12-6-11(14)8-4-5-15-7-8/h4-5,7,9-14H,1-3,6H2. The van der Waals surface area contributed by atoms with Crippen molar-refractivity contribution in [3.05, 3.63) is 22.4 Å². The van der Waals surface area contributed by atoms with Gasteiger partial charge in [0, 0.05) is 12.6 Å². The van der Waals surface area contributed by atoms with Crippen molar-refractivity contribution in [3.63, 3.8) is 0 Å². The number of hydrogen-bond donors (Lipinski definition) is 3. The van der Waals surface area contributed by atoms with Crippen LogP contribution in [-0.2, 0) is 0 Å². The van der Waals surface area contributed by atoms with Crippen LogP contribution in [0.1, 0.15) is 30.9 Å². The highest BCUT2D eigenvalue weighted by molar-refractivity contribution is 7.07. The Morgan fingerprint density at radius 1 is 1.53 bits per heavy atom. The predicted molar refractivity (Wildman–Crippen MR) is 60.9 cm³/mol. The van der Waals surface area contributed by atoms with E-state index in [0.29, 0.717) is 6.54 Å². The first-order valence-electron chi connectivity index (χ1n) is 5.39. The van der Waals surface area contributed by atoms with E-state index in [1.165, 1.54) is 0 Å². The zero-order valence-electron chi connectivity index (χ0n) is 8.60. The largest absolute Gasteiger partial charge is 0.392 e. The number of aliphatic hydroxyl groups excluding tert-OH is 2. The van der Waals surface area contributed by atoms with Gasteiger partial charge in [-0.1, -0.05) is 0 Å². The molecule has 1 heterocycles. The lowest BCUT2D eigenvalue weighted by atomic mass is 10.1. The third-order valence-electron chi connectivity index (χ3n) is 2.98. The number of hydrogen-bond acceptors (Lipinski definition) is 4. The first-order valence-corrected chi connectivity index (χ1v) is 6.33. The van der Waals surface area contributed by atoms with Crippen molar-refractivity contribution in [2.45, 2.75) is 37.5 Å². The smallest absolute Gasteiger partial charge is 0.0922 e. The van der Waals surface area contributed by atoms with Crippen LogP contribution in [0.4, 0.5) is 0 Å². The van der Waals surface area contributed by atoms with Crippen molar-refractivity contribution in [1.82, 2.24) is 5.32 Å². The Morgan fingerprint density at radius 3 is 3.00 bits per heavy atom. The molecule has 1 aromatic rings. The predicted octanol–water partition coefficient (Wildman–Crippen LogP) is 1.28. The highest BCUT2D eigenvalue weighted by Crippen LogP contribution is 2.20. The lowest BCUT2D eigenvalue weighted by molar-refractivity contribution is 0.127. The summed E-state index contributed by atoms with van der Waals surface area (Å²) in [4.78, 5) is 0. The molecule has 1 aliphatic rings. The van der Waals surface area contributed by atoms with Crippen LogP contribution in [0, 0.1) is 0 Å². The molecule has 1 saturated carbocycles. The fourth-order valence-corrected chi connectivity index (χ4v) is 2.73. The molecule has 0 aliphatic heterocycles. The first kappa shape index (κ1) is 11.1. The molecule has 0 bridgehead atoms. The van der Waals surface area contributed by atoms with Gasteiger partial charge in [0.15, 0.2) is 0 Å². The zero-order valence-corrected chi connectivity index (χ0v) is 9.41. The second-order valence-corrected chi connectivity index (χ2v) is 4.87. The normalized spacial score (nSPS) is 28.1. The highest BCUT2D eigenvalue weighted by atomic mass is 32.1. The molecule has 84 valence electrons. The second-order valence-electron chi connectivity index (χ2n) is 4.09. The van der Waals surface area contributed by atoms with Gasteiger partial charge in [-0.25, -0.2) is 0 Å². The summed E-state index contributed by atoms with van der Waals surface area (Å²) < 4.78 is 0. The van der Waals surface area contributed by atoms with Crippen molar-refractivity contribution >= 4 is 11.3 Å². The van der Waals surface area contributed by atoms with Gasteiger partial charge in [0.2, 0.25) is 0 Å². The van der Waals surface area contributed by atoms with Gasteiger partial charge >= 0.3 is 0 Å². The van der Waals surface area contributed by atoms with Crippen LogP contribution in [0.3, 0.4) is 0 Å². The molecule has 4 heteroatoms. The molecule has 0 spiro atoms.